The van der Waals surface area contributed by atoms with Gasteiger partial charge in [0.2, 0.25) is 0 Å². The van der Waals surface area contributed by atoms with E-state index >= 15 is 0 Å². The van der Waals surface area contributed by atoms with Crippen molar-refractivity contribution in [3.8, 4) is 0 Å². The molecule has 0 bridgehead atoms. The number of alkyl halides is 3. The molecule has 1 aliphatic heterocycles. The summed E-state index contributed by atoms with van der Waals surface area (Å²) in [6, 6.07) is 2.61. The summed E-state index contributed by atoms with van der Waals surface area (Å²) in [6.45, 7) is 0.661. The van der Waals surface area contributed by atoms with Crippen LogP contribution >= 0.6 is 11.5 Å². The van der Waals surface area contributed by atoms with E-state index in [-0.39, 0.29) is 43.3 Å². The van der Waals surface area contributed by atoms with Crippen molar-refractivity contribution in [2.75, 3.05) is 30.9 Å². The third kappa shape index (κ3) is 4.89. The maximum Gasteiger partial charge on any atom is 0.418 e. The van der Waals surface area contributed by atoms with Crippen LogP contribution in [0.5, 0.6) is 0 Å². The Balaban J connectivity index is 1.72. The fourth-order valence-electron chi connectivity index (χ4n) is 2.81. The average Bonchev–Trinajstić information content (AvgIpc) is 3.21. The first-order chi connectivity index (χ1) is 13.7. The largest absolute Gasteiger partial charge is 0.755 e. The van der Waals surface area contributed by atoms with E-state index in [4.69, 9.17) is 0 Å². The van der Waals surface area contributed by atoms with Crippen LogP contribution in [0.3, 0.4) is 0 Å². The van der Waals surface area contributed by atoms with E-state index in [1.807, 2.05) is 0 Å². The predicted octanol–water partition coefficient (Wildman–Crippen LogP) is 1.36. The Hall–Kier alpha value is -2.58. The van der Waals surface area contributed by atoms with Gasteiger partial charge >= 0.3 is 6.18 Å². The highest BCUT2D eigenvalue weighted by Crippen LogP contribution is 2.36. The molecule has 0 radical (unpaired) electrons. The minimum absolute atomic E-state index is 0.133. The van der Waals surface area contributed by atoms with E-state index in [1.165, 1.54) is 15.2 Å². The average molecular weight is 448 g/mol. The van der Waals surface area contributed by atoms with Crippen LogP contribution in [-0.2, 0) is 17.4 Å². The number of aromatic nitrogens is 2. The maximum atomic E-state index is 13.2. The van der Waals surface area contributed by atoms with Gasteiger partial charge < -0.3 is 19.1 Å². The highest BCUT2D eigenvalue weighted by Gasteiger charge is 2.35. The molecule has 1 unspecified atom stereocenters. The summed E-state index contributed by atoms with van der Waals surface area (Å²) >= 11 is -1.91. The molecule has 1 aromatic heterocycles. The normalized spacial score (nSPS) is 15.9. The van der Waals surface area contributed by atoms with Crippen molar-refractivity contribution in [3.63, 3.8) is 0 Å². The lowest BCUT2D eigenvalue weighted by molar-refractivity contribution is -0.136. The molecule has 3 rings (SSSR count). The fourth-order valence-corrected chi connectivity index (χ4v) is 3.59. The Labute approximate surface area is 169 Å². The first kappa shape index (κ1) is 21.1. The van der Waals surface area contributed by atoms with Crippen molar-refractivity contribution in [2.24, 2.45) is 0 Å². The monoisotopic (exact) mass is 448 g/mol. The molecule has 1 saturated heterocycles. The molecule has 1 aromatic carbocycles. The Morgan fingerprint density at radius 1 is 1.14 bits per heavy atom. The third-order valence-electron chi connectivity index (χ3n) is 4.20. The zero-order valence-corrected chi connectivity index (χ0v) is 16.1. The van der Waals surface area contributed by atoms with Gasteiger partial charge in [0.05, 0.1) is 11.3 Å². The zero-order chi connectivity index (χ0) is 21.2. The van der Waals surface area contributed by atoms with Gasteiger partial charge in [0.1, 0.15) is 0 Å². The number of nitrogens with one attached hydrogen (secondary N) is 1. The Kier molecular flexibility index (Phi) is 6.14. The molecule has 2 amide bonds. The molecule has 29 heavy (non-hydrogen) atoms. The lowest BCUT2D eigenvalue weighted by Crippen LogP contribution is -2.50. The second kappa shape index (κ2) is 8.42. The van der Waals surface area contributed by atoms with Crippen LogP contribution in [-0.4, -0.2) is 66.1 Å². The molecular formula is C15H13F3N5O4S2-. The minimum Gasteiger partial charge on any atom is -0.755 e. The lowest BCUT2D eigenvalue weighted by Gasteiger charge is -2.34. The number of nitrogens with zero attached hydrogens (tertiary/aromatic N) is 4. The van der Waals surface area contributed by atoms with Gasteiger partial charge in [-0.3, -0.25) is 13.8 Å². The van der Waals surface area contributed by atoms with Crippen LogP contribution in [0.15, 0.2) is 23.6 Å². The molecule has 2 heterocycles. The number of piperazine rings is 1. The van der Waals surface area contributed by atoms with Crippen molar-refractivity contribution in [1.82, 2.24) is 19.4 Å². The number of hydrogen-bond donors (Lipinski definition) is 1. The third-order valence-corrected chi connectivity index (χ3v) is 5.09. The Bertz CT molecular complexity index is 931. The fraction of sp³-hybridized carbons (Fsp3) is 0.333. The van der Waals surface area contributed by atoms with Gasteiger partial charge in [0.15, 0.2) is 5.69 Å². The summed E-state index contributed by atoms with van der Waals surface area (Å²) < 4.78 is 66.4. The van der Waals surface area contributed by atoms with Crippen molar-refractivity contribution >= 4 is 40.3 Å². The zero-order valence-electron chi connectivity index (χ0n) is 14.5. The Morgan fingerprint density at radius 3 is 2.28 bits per heavy atom. The number of anilines is 1. The van der Waals surface area contributed by atoms with Crippen LogP contribution in [0, 0.1) is 0 Å². The molecule has 1 aliphatic rings. The second-order valence-electron chi connectivity index (χ2n) is 5.97. The number of carbonyl (C=O) groups excluding carboxylic acids is 2. The van der Waals surface area contributed by atoms with Gasteiger partial charge in [-0.15, -0.1) is 5.10 Å². The highest BCUT2D eigenvalue weighted by molar-refractivity contribution is 7.80. The summed E-state index contributed by atoms with van der Waals surface area (Å²) in [7, 11) is 0. The van der Waals surface area contributed by atoms with Gasteiger partial charge in [-0.05, 0) is 29.7 Å². The van der Waals surface area contributed by atoms with Crippen molar-refractivity contribution in [3.05, 3.63) is 40.4 Å². The first-order valence-corrected chi connectivity index (χ1v) is 10.0. The summed E-state index contributed by atoms with van der Waals surface area (Å²) in [6.07, 6.45) is -4.86. The summed E-state index contributed by atoms with van der Waals surface area (Å²) in [4.78, 5) is 27.7. The van der Waals surface area contributed by atoms with Crippen LogP contribution in [0.1, 0.15) is 26.4 Å². The molecule has 0 spiro atoms. The first-order valence-electron chi connectivity index (χ1n) is 8.09. The van der Waals surface area contributed by atoms with Gasteiger partial charge in [0.25, 0.3) is 11.8 Å². The van der Waals surface area contributed by atoms with Gasteiger partial charge in [-0.1, -0.05) is 4.49 Å². The summed E-state index contributed by atoms with van der Waals surface area (Å²) in [5.74, 6) is -0.973. The van der Waals surface area contributed by atoms with E-state index in [9.17, 15) is 31.5 Å². The molecule has 2 aromatic rings. The van der Waals surface area contributed by atoms with E-state index in [0.717, 1.165) is 23.7 Å². The van der Waals surface area contributed by atoms with Crippen LogP contribution in [0.2, 0.25) is 0 Å². The lowest BCUT2D eigenvalue weighted by atomic mass is 10.1. The molecule has 156 valence electrons. The molecule has 0 saturated carbocycles. The van der Waals surface area contributed by atoms with E-state index in [0.29, 0.717) is 6.07 Å². The second-order valence-corrected chi connectivity index (χ2v) is 7.25. The van der Waals surface area contributed by atoms with E-state index in [2.05, 4.69) is 9.59 Å². The number of rotatable bonds is 4. The molecule has 1 fully saturated rings. The topological polar surface area (TPSA) is 119 Å². The number of benzene rings is 1. The minimum atomic E-state index is -4.86. The molecule has 0 aliphatic carbocycles. The Morgan fingerprint density at radius 2 is 1.76 bits per heavy atom. The van der Waals surface area contributed by atoms with Crippen LogP contribution in [0.4, 0.5) is 18.9 Å². The van der Waals surface area contributed by atoms with E-state index < -0.39 is 34.6 Å². The number of amides is 2. The van der Waals surface area contributed by atoms with Crippen molar-refractivity contribution in [2.45, 2.75) is 6.18 Å². The number of carbonyl (C=O) groups is 2. The molecule has 1 atom stereocenters. The summed E-state index contributed by atoms with van der Waals surface area (Å²) in [5, 5.41) is 5.20. The predicted molar refractivity (Wildman–Crippen MR) is 95.7 cm³/mol. The van der Waals surface area contributed by atoms with Crippen molar-refractivity contribution < 1.29 is 31.5 Å². The standard InChI is InChI=1S/C15H14F3N5O4S2/c16-15(17,18)10-7-9(1-2-11(10)20-29(26)27)13(24)22-3-5-23(6-4-22)14(25)12-8-28-21-19-12/h1-2,7-8,20H,3-6H2,(H,26,27)/p-1. The highest BCUT2D eigenvalue weighted by atomic mass is 32.2. The van der Waals surface area contributed by atoms with Crippen LogP contribution in [0.25, 0.3) is 0 Å². The van der Waals surface area contributed by atoms with Crippen molar-refractivity contribution in [1.29, 1.82) is 0 Å². The van der Waals surface area contributed by atoms with E-state index in [1.54, 1.807) is 4.72 Å². The molecular weight excluding hydrogens is 435 g/mol. The molecule has 9 nitrogen and oxygen atoms in total. The van der Waals surface area contributed by atoms with Gasteiger partial charge in [-0.2, -0.15) is 13.2 Å². The van der Waals surface area contributed by atoms with Gasteiger partial charge in [0, 0.05) is 48.4 Å². The van der Waals surface area contributed by atoms with Gasteiger partial charge in [-0.25, -0.2) is 0 Å². The smallest absolute Gasteiger partial charge is 0.418 e. The molecule has 1 N–H and O–H groups in total. The number of hydrogen-bond acceptors (Lipinski definition) is 7. The quantitative estimate of drug-likeness (QED) is 0.706. The number of halogens is 3. The molecule has 14 heteroatoms. The maximum absolute atomic E-state index is 13.2. The van der Waals surface area contributed by atoms with Crippen LogP contribution < -0.4 is 4.72 Å². The summed E-state index contributed by atoms with van der Waals surface area (Å²) in [5.41, 5.74) is -1.97. The SMILES string of the molecule is O=C(c1ccc(NS(=O)[O-])c(C(F)(F)F)c1)N1CCN(C(=O)c2csnn2)CC1.